The molecule has 2 heterocycles. The molecule has 0 spiro atoms. The number of pyridine rings is 1. The van der Waals surface area contributed by atoms with Crippen LogP contribution in [0.1, 0.15) is 5.56 Å². The normalized spacial score (nSPS) is 10.1. The summed E-state index contributed by atoms with van der Waals surface area (Å²) in [6.07, 6.45) is 5.26. The van der Waals surface area contributed by atoms with Crippen LogP contribution in [0.3, 0.4) is 0 Å². The van der Waals surface area contributed by atoms with Gasteiger partial charge in [0, 0.05) is 19.4 Å². The number of aryl methyl sites for hydroxylation is 1. The van der Waals surface area contributed by atoms with Crippen LogP contribution in [0.15, 0.2) is 30.7 Å². The van der Waals surface area contributed by atoms with Gasteiger partial charge in [0.1, 0.15) is 0 Å². The van der Waals surface area contributed by atoms with Gasteiger partial charge in [-0.25, -0.2) is 0 Å². The van der Waals surface area contributed by atoms with E-state index in [1.165, 1.54) is 4.68 Å². The lowest BCUT2D eigenvalue weighted by Gasteiger charge is -2.00. The zero-order valence-corrected chi connectivity index (χ0v) is 8.79. The fraction of sp³-hybridized carbons (Fsp3) is 0.200. The largest absolute Gasteiger partial charge is 0.308 e. The van der Waals surface area contributed by atoms with Gasteiger partial charge in [0.25, 0.3) is 0 Å². The molecule has 6 heteroatoms. The summed E-state index contributed by atoms with van der Waals surface area (Å²) in [6, 6.07) is 3.60. The molecule has 16 heavy (non-hydrogen) atoms. The third-order valence-corrected chi connectivity index (χ3v) is 1.98. The first-order valence-electron chi connectivity index (χ1n) is 4.79. The van der Waals surface area contributed by atoms with E-state index in [4.69, 9.17) is 0 Å². The van der Waals surface area contributed by atoms with Crippen LogP contribution in [-0.2, 0) is 18.3 Å². The number of hydrogen-bond donors (Lipinski definition) is 1. The molecule has 0 saturated carbocycles. The second-order valence-electron chi connectivity index (χ2n) is 3.36. The second-order valence-corrected chi connectivity index (χ2v) is 3.36. The van der Waals surface area contributed by atoms with Gasteiger partial charge in [-0.05, 0) is 17.7 Å². The molecule has 2 rings (SSSR count). The molecular weight excluding hydrogens is 206 g/mol. The fourth-order valence-electron chi connectivity index (χ4n) is 1.28. The molecule has 0 unspecified atom stereocenters. The van der Waals surface area contributed by atoms with Crippen molar-refractivity contribution in [2.75, 3.05) is 5.32 Å². The minimum atomic E-state index is -0.119. The summed E-state index contributed by atoms with van der Waals surface area (Å²) in [7, 11) is 1.74. The third-order valence-electron chi connectivity index (χ3n) is 1.98. The van der Waals surface area contributed by atoms with E-state index in [-0.39, 0.29) is 5.91 Å². The molecule has 0 radical (unpaired) electrons. The van der Waals surface area contributed by atoms with Crippen LogP contribution in [0.25, 0.3) is 0 Å². The van der Waals surface area contributed by atoms with Crippen LogP contribution in [0, 0.1) is 0 Å². The number of nitrogens with zero attached hydrogens (tertiary/aromatic N) is 4. The summed E-state index contributed by atoms with van der Waals surface area (Å²) in [5.41, 5.74) is 0.913. The quantitative estimate of drug-likeness (QED) is 0.807. The van der Waals surface area contributed by atoms with Gasteiger partial charge in [0.15, 0.2) is 5.82 Å². The van der Waals surface area contributed by atoms with E-state index in [2.05, 4.69) is 20.6 Å². The number of carbonyl (C=O) groups excluding carboxylic acids is 1. The highest BCUT2D eigenvalue weighted by Gasteiger charge is 2.05. The maximum absolute atomic E-state index is 11.6. The molecule has 2 aromatic rings. The van der Waals surface area contributed by atoms with Crippen molar-refractivity contribution in [2.24, 2.45) is 7.05 Å². The number of carbonyl (C=O) groups is 1. The Morgan fingerprint density at radius 1 is 1.44 bits per heavy atom. The highest BCUT2D eigenvalue weighted by Crippen LogP contribution is 2.02. The maximum atomic E-state index is 11.6. The van der Waals surface area contributed by atoms with E-state index >= 15 is 0 Å². The van der Waals surface area contributed by atoms with Crippen molar-refractivity contribution < 1.29 is 4.79 Å². The number of hydrogen-bond acceptors (Lipinski definition) is 4. The van der Waals surface area contributed by atoms with Gasteiger partial charge in [-0.2, -0.15) is 0 Å². The average molecular weight is 217 g/mol. The Morgan fingerprint density at radius 3 is 2.81 bits per heavy atom. The average Bonchev–Trinajstić information content (AvgIpc) is 2.65. The van der Waals surface area contributed by atoms with Crippen LogP contribution in [-0.4, -0.2) is 25.9 Å². The Kier molecular flexibility index (Phi) is 2.90. The molecule has 2 aromatic heterocycles. The Balaban J connectivity index is 1.95. The van der Waals surface area contributed by atoms with Crippen molar-refractivity contribution in [2.45, 2.75) is 6.42 Å². The molecule has 0 bridgehead atoms. The summed E-state index contributed by atoms with van der Waals surface area (Å²) in [6.45, 7) is 0. The lowest BCUT2D eigenvalue weighted by atomic mass is 10.2. The Hall–Kier alpha value is -2.24. The molecule has 0 aliphatic heterocycles. The smallest absolute Gasteiger partial charge is 0.230 e. The zero-order valence-electron chi connectivity index (χ0n) is 8.79. The van der Waals surface area contributed by atoms with Gasteiger partial charge >= 0.3 is 0 Å². The number of aromatic nitrogens is 4. The van der Waals surface area contributed by atoms with Crippen molar-refractivity contribution in [3.8, 4) is 0 Å². The van der Waals surface area contributed by atoms with Crippen LogP contribution in [0.4, 0.5) is 5.82 Å². The molecule has 82 valence electrons. The van der Waals surface area contributed by atoms with Gasteiger partial charge < -0.3 is 5.32 Å². The molecular formula is C10H11N5O. The van der Waals surface area contributed by atoms with E-state index in [0.29, 0.717) is 12.2 Å². The molecule has 0 aliphatic rings. The van der Waals surface area contributed by atoms with Gasteiger partial charge in [0.05, 0.1) is 12.6 Å². The predicted octanol–water partition coefficient (Wildman–Crippen LogP) is 0.391. The zero-order chi connectivity index (χ0) is 11.4. The first kappa shape index (κ1) is 10.3. The van der Waals surface area contributed by atoms with Gasteiger partial charge in [0.2, 0.25) is 5.91 Å². The summed E-state index contributed by atoms with van der Waals surface area (Å²) in [5.74, 6) is 0.341. The lowest BCUT2D eigenvalue weighted by Crippen LogP contribution is -2.14. The van der Waals surface area contributed by atoms with Gasteiger partial charge in [-0.3, -0.25) is 14.5 Å². The minimum Gasteiger partial charge on any atom is -0.308 e. The van der Waals surface area contributed by atoms with Crippen LogP contribution >= 0.6 is 0 Å². The first-order chi connectivity index (χ1) is 7.74. The molecule has 0 aliphatic carbocycles. The van der Waals surface area contributed by atoms with Crippen LogP contribution < -0.4 is 5.32 Å². The van der Waals surface area contributed by atoms with E-state index < -0.39 is 0 Å². The number of amides is 1. The van der Waals surface area contributed by atoms with Crippen molar-refractivity contribution in [1.29, 1.82) is 0 Å². The monoisotopic (exact) mass is 217 g/mol. The lowest BCUT2D eigenvalue weighted by molar-refractivity contribution is -0.115. The van der Waals surface area contributed by atoms with Crippen molar-refractivity contribution in [3.05, 3.63) is 36.3 Å². The Bertz CT molecular complexity index is 479. The molecule has 1 N–H and O–H groups in total. The highest BCUT2D eigenvalue weighted by atomic mass is 16.1. The van der Waals surface area contributed by atoms with Crippen molar-refractivity contribution in [1.82, 2.24) is 20.0 Å². The highest BCUT2D eigenvalue weighted by molar-refractivity contribution is 5.91. The Morgan fingerprint density at radius 2 is 2.19 bits per heavy atom. The van der Waals surface area contributed by atoms with E-state index in [1.54, 1.807) is 37.8 Å². The maximum Gasteiger partial charge on any atom is 0.230 e. The van der Waals surface area contributed by atoms with E-state index in [0.717, 1.165) is 5.56 Å². The summed E-state index contributed by atoms with van der Waals surface area (Å²) < 4.78 is 1.53. The SMILES string of the molecule is Cn1cc(NC(=O)Cc2ccncc2)nn1. The first-order valence-corrected chi connectivity index (χ1v) is 4.79. The van der Waals surface area contributed by atoms with Crippen molar-refractivity contribution in [3.63, 3.8) is 0 Å². The van der Waals surface area contributed by atoms with Crippen LogP contribution in [0.5, 0.6) is 0 Å². The number of nitrogens with one attached hydrogen (secondary N) is 1. The number of anilines is 1. The van der Waals surface area contributed by atoms with Gasteiger partial charge in [-0.15, -0.1) is 5.10 Å². The third kappa shape index (κ3) is 2.63. The number of rotatable bonds is 3. The molecule has 0 fully saturated rings. The summed E-state index contributed by atoms with van der Waals surface area (Å²) in [5, 5.41) is 10.1. The van der Waals surface area contributed by atoms with Crippen molar-refractivity contribution >= 4 is 11.7 Å². The topological polar surface area (TPSA) is 72.7 Å². The molecule has 0 aromatic carbocycles. The second kappa shape index (κ2) is 4.52. The predicted molar refractivity (Wildman–Crippen MR) is 57.6 cm³/mol. The van der Waals surface area contributed by atoms with E-state index in [9.17, 15) is 4.79 Å². The minimum absolute atomic E-state index is 0.119. The summed E-state index contributed by atoms with van der Waals surface area (Å²) in [4.78, 5) is 15.5. The standard InChI is InChI=1S/C10H11N5O/c1-15-7-9(13-14-15)12-10(16)6-8-2-4-11-5-3-8/h2-5,7H,6H2,1H3,(H,12,16). The fourth-order valence-corrected chi connectivity index (χ4v) is 1.28. The summed E-state index contributed by atoms with van der Waals surface area (Å²) >= 11 is 0. The van der Waals surface area contributed by atoms with Gasteiger partial charge in [-0.1, -0.05) is 5.21 Å². The van der Waals surface area contributed by atoms with Crippen LogP contribution in [0.2, 0.25) is 0 Å². The molecule has 1 amide bonds. The molecule has 6 nitrogen and oxygen atoms in total. The van der Waals surface area contributed by atoms with E-state index in [1.807, 2.05) is 0 Å². The Labute approximate surface area is 92.3 Å². The molecule has 0 saturated heterocycles. The molecule has 0 atom stereocenters.